The zero-order valence-corrected chi connectivity index (χ0v) is 14.1. The Morgan fingerprint density at radius 1 is 1.35 bits per heavy atom. The Labute approximate surface area is 147 Å². The molecule has 2 heterocycles. The van der Waals surface area contributed by atoms with Crippen LogP contribution in [0.1, 0.15) is 35.5 Å². The molecule has 3 rings (SSSR count). The summed E-state index contributed by atoms with van der Waals surface area (Å²) >= 11 is 0. The molecule has 1 unspecified atom stereocenters. The van der Waals surface area contributed by atoms with Crippen LogP contribution in [0.15, 0.2) is 29.1 Å². The van der Waals surface area contributed by atoms with Crippen LogP contribution in [0.2, 0.25) is 0 Å². The Morgan fingerprint density at radius 2 is 2.04 bits per heavy atom. The van der Waals surface area contributed by atoms with Crippen LogP contribution in [0, 0.1) is 0 Å². The zero-order valence-electron chi connectivity index (χ0n) is 14.1. The zero-order chi connectivity index (χ0) is 18.9. The lowest BCUT2D eigenvalue weighted by Gasteiger charge is -2.22. The van der Waals surface area contributed by atoms with Crippen LogP contribution >= 0.6 is 0 Å². The molecule has 0 amide bonds. The highest BCUT2D eigenvalue weighted by atomic mass is 19.4. The van der Waals surface area contributed by atoms with Gasteiger partial charge in [-0.15, -0.1) is 0 Å². The van der Waals surface area contributed by atoms with Crippen molar-refractivity contribution in [3.63, 3.8) is 0 Å². The molecule has 0 fully saturated rings. The first-order valence-electron chi connectivity index (χ1n) is 8.20. The van der Waals surface area contributed by atoms with Gasteiger partial charge in [0.2, 0.25) is 5.95 Å². The molecule has 2 aromatic rings. The van der Waals surface area contributed by atoms with Crippen LogP contribution < -0.4 is 16.2 Å². The molecule has 9 heteroatoms. The molecule has 0 spiro atoms. The highest BCUT2D eigenvalue weighted by Crippen LogP contribution is 2.29. The number of rotatable bonds is 4. The summed E-state index contributed by atoms with van der Waals surface area (Å²) in [7, 11) is 0. The number of alkyl halides is 3. The lowest BCUT2D eigenvalue weighted by atomic mass is 10.1. The van der Waals surface area contributed by atoms with Gasteiger partial charge >= 0.3 is 6.18 Å². The van der Waals surface area contributed by atoms with Gasteiger partial charge in [-0.3, -0.25) is 9.36 Å². The fraction of sp³-hybridized carbons (Fsp3) is 0.412. The highest BCUT2D eigenvalue weighted by Gasteiger charge is 2.30. The summed E-state index contributed by atoms with van der Waals surface area (Å²) in [6.07, 6.45) is -4.87. The fourth-order valence-electron chi connectivity index (χ4n) is 2.88. The topological polar surface area (TPSA) is 79.2 Å². The number of nitrogens with zero attached hydrogens (tertiary/aromatic N) is 2. The number of nitrogens with one attached hydrogen (secondary N) is 2. The Hall–Kier alpha value is -2.39. The first-order chi connectivity index (χ1) is 12.3. The minimum atomic E-state index is -4.38. The van der Waals surface area contributed by atoms with Gasteiger partial charge in [-0.25, -0.2) is 4.98 Å². The molecule has 1 atom stereocenters. The van der Waals surface area contributed by atoms with Gasteiger partial charge in [0.05, 0.1) is 16.8 Å². The van der Waals surface area contributed by atoms with Crippen molar-refractivity contribution in [1.82, 2.24) is 14.9 Å². The third kappa shape index (κ3) is 3.73. The first kappa shape index (κ1) is 18.4. The van der Waals surface area contributed by atoms with Crippen molar-refractivity contribution in [3.05, 3.63) is 57.0 Å². The molecular formula is C17H19F3N4O2. The summed E-state index contributed by atoms with van der Waals surface area (Å²) in [4.78, 5) is 17.0. The van der Waals surface area contributed by atoms with Gasteiger partial charge in [0.25, 0.3) is 5.56 Å². The van der Waals surface area contributed by atoms with Crippen LogP contribution in [0.25, 0.3) is 0 Å². The summed E-state index contributed by atoms with van der Waals surface area (Å²) in [6.45, 7) is 2.73. The predicted molar refractivity (Wildman–Crippen MR) is 89.6 cm³/mol. The molecule has 1 aliphatic rings. The molecule has 3 N–H and O–H groups in total. The van der Waals surface area contributed by atoms with E-state index in [4.69, 9.17) is 0 Å². The van der Waals surface area contributed by atoms with E-state index in [0.717, 1.165) is 16.7 Å². The van der Waals surface area contributed by atoms with E-state index in [1.165, 1.54) is 19.1 Å². The number of anilines is 1. The maximum absolute atomic E-state index is 12.6. The van der Waals surface area contributed by atoms with E-state index < -0.39 is 18.0 Å². The molecule has 140 valence electrons. The van der Waals surface area contributed by atoms with E-state index in [1.54, 1.807) is 0 Å². The molecule has 1 aromatic heterocycles. The van der Waals surface area contributed by atoms with E-state index in [9.17, 15) is 23.1 Å². The number of hydrogen-bond donors (Lipinski definition) is 3. The lowest BCUT2D eigenvalue weighted by molar-refractivity contribution is -0.137. The summed E-state index contributed by atoms with van der Waals surface area (Å²) in [5.41, 5.74) is 0.746. The molecule has 0 aliphatic carbocycles. The normalized spacial score (nSPS) is 15.4. The van der Waals surface area contributed by atoms with E-state index in [0.29, 0.717) is 36.3 Å². The molecule has 26 heavy (non-hydrogen) atoms. The van der Waals surface area contributed by atoms with Crippen LogP contribution in [0.3, 0.4) is 0 Å². The summed E-state index contributed by atoms with van der Waals surface area (Å²) in [5.74, 6) is 0.200. The van der Waals surface area contributed by atoms with Crippen LogP contribution in [-0.2, 0) is 25.7 Å². The number of fused-ring (bicyclic) bond motifs is 1. The SMILES string of the molecule is CC(O)n1c(NCc2ccc(C(F)(F)F)cc2)nc2c(c1=O)CNCC2. The Morgan fingerprint density at radius 3 is 2.65 bits per heavy atom. The fourth-order valence-corrected chi connectivity index (χ4v) is 2.88. The Balaban J connectivity index is 1.85. The van der Waals surface area contributed by atoms with Crippen LogP contribution in [-0.4, -0.2) is 21.2 Å². The largest absolute Gasteiger partial charge is 0.416 e. The number of aliphatic hydroxyl groups excluding tert-OH is 1. The van der Waals surface area contributed by atoms with Crippen LogP contribution in [0.4, 0.5) is 19.1 Å². The van der Waals surface area contributed by atoms with E-state index in [1.807, 2.05) is 0 Å². The Bertz CT molecular complexity index is 845. The molecule has 6 nitrogen and oxygen atoms in total. The standard InChI is InChI=1S/C17H19F3N4O2/c1-10(25)24-15(26)13-9-21-7-6-14(13)23-16(24)22-8-11-2-4-12(5-3-11)17(18,19)20/h2-5,10,21,25H,6-9H2,1H3,(H,22,23). The summed E-state index contributed by atoms with van der Waals surface area (Å²) < 4.78 is 39.0. The average molecular weight is 368 g/mol. The second kappa shape index (κ2) is 7.08. The monoisotopic (exact) mass is 368 g/mol. The lowest BCUT2D eigenvalue weighted by Crippen LogP contribution is -2.37. The smallest absolute Gasteiger partial charge is 0.373 e. The van der Waals surface area contributed by atoms with Crippen molar-refractivity contribution < 1.29 is 18.3 Å². The Kier molecular flexibility index (Phi) is 5.01. The third-order valence-electron chi connectivity index (χ3n) is 4.24. The van der Waals surface area contributed by atoms with Gasteiger partial charge in [-0.05, 0) is 24.6 Å². The third-order valence-corrected chi connectivity index (χ3v) is 4.24. The van der Waals surface area contributed by atoms with Crippen molar-refractivity contribution >= 4 is 5.95 Å². The average Bonchev–Trinajstić information content (AvgIpc) is 2.59. The summed E-state index contributed by atoms with van der Waals surface area (Å²) in [6, 6.07) is 4.74. The second-order valence-electron chi connectivity index (χ2n) is 6.14. The molecule has 0 saturated heterocycles. The quantitative estimate of drug-likeness (QED) is 0.770. The number of aliphatic hydroxyl groups is 1. The van der Waals surface area contributed by atoms with Gasteiger partial charge in [0.1, 0.15) is 6.23 Å². The van der Waals surface area contributed by atoms with Crippen molar-refractivity contribution in [3.8, 4) is 0 Å². The minimum Gasteiger partial charge on any atom is -0.373 e. The molecule has 0 saturated carbocycles. The van der Waals surface area contributed by atoms with Gasteiger partial charge in [-0.1, -0.05) is 12.1 Å². The minimum absolute atomic E-state index is 0.175. The van der Waals surface area contributed by atoms with Gasteiger partial charge in [0.15, 0.2) is 0 Å². The molecule has 0 bridgehead atoms. The highest BCUT2D eigenvalue weighted by molar-refractivity contribution is 5.35. The first-order valence-corrected chi connectivity index (χ1v) is 8.20. The predicted octanol–water partition coefficient (Wildman–Crippen LogP) is 2.03. The van der Waals surface area contributed by atoms with Crippen molar-refractivity contribution in [1.29, 1.82) is 0 Å². The summed E-state index contributed by atoms with van der Waals surface area (Å²) in [5, 5.41) is 16.0. The second-order valence-corrected chi connectivity index (χ2v) is 6.14. The van der Waals surface area contributed by atoms with Gasteiger partial charge < -0.3 is 15.7 Å². The van der Waals surface area contributed by atoms with Gasteiger partial charge in [-0.2, -0.15) is 13.2 Å². The number of halogens is 3. The van der Waals surface area contributed by atoms with Crippen LogP contribution in [0.5, 0.6) is 0 Å². The number of hydrogen-bond acceptors (Lipinski definition) is 5. The molecular weight excluding hydrogens is 349 g/mol. The molecule has 1 aliphatic heterocycles. The van der Waals surface area contributed by atoms with Crippen molar-refractivity contribution in [2.75, 3.05) is 11.9 Å². The van der Waals surface area contributed by atoms with E-state index in [2.05, 4.69) is 15.6 Å². The maximum Gasteiger partial charge on any atom is 0.416 e. The van der Waals surface area contributed by atoms with Crippen molar-refractivity contribution in [2.45, 2.75) is 38.8 Å². The van der Waals surface area contributed by atoms with Crippen molar-refractivity contribution in [2.24, 2.45) is 0 Å². The maximum atomic E-state index is 12.6. The van der Waals surface area contributed by atoms with E-state index in [-0.39, 0.29) is 18.1 Å². The molecule has 0 radical (unpaired) electrons. The number of benzene rings is 1. The van der Waals surface area contributed by atoms with E-state index >= 15 is 0 Å². The number of aromatic nitrogens is 2. The molecule has 1 aromatic carbocycles. The van der Waals surface area contributed by atoms with Gasteiger partial charge in [0, 0.05) is 26.1 Å².